The van der Waals surface area contributed by atoms with Crippen molar-refractivity contribution in [2.24, 2.45) is 0 Å². The van der Waals surface area contributed by atoms with E-state index in [1.165, 1.54) is 39.5 Å². The van der Waals surface area contributed by atoms with Crippen LogP contribution in [0.3, 0.4) is 0 Å². The van der Waals surface area contributed by atoms with Gasteiger partial charge in [0.2, 0.25) is 0 Å². The molecule has 0 fully saturated rings. The maximum Gasteiger partial charge on any atom is 0.255 e. The number of hydrogen-bond donors (Lipinski definition) is 1. The monoisotopic (exact) mass is 305 g/mol. The highest BCUT2D eigenvalue weighted by Gasteiger charge is 2.13. The highest BCUT2D eigenvalue weighted by Crippen LogP contribution is 2.29. The van der Waals surface area contributed by atoms with Gasteiger partial charge in [0.15, 0.2) is 11.5 Å². The summed E-state index contributed by atoms with van der Waals surface area (Å²) >= 11 is 0. The van der Waals surface area contributed by atoms with E-state index in [-0.39, 0.29) is 5.69 Å². The molecule has 2 aromatic rings. The predicted octanol–water partition coefficient (Wildman–Crippen LogP) is 3.10. The molecule has 1 N–H and O–H groups in total. The molecular formula is C16H16FNO4. The van der Waals surface area contributed by atoms with Crippen molar-refractivity contribution in [3.8, 4) is 17.2 Å². The third kappa shape index (κ3) is 3.28. The Kier molecular flexibility index (Phi) is 4.83. The van der Waals surface area contributed by atoms with E-state index in [4.69, 9.17) is 14.2 Å². The molecule has 6 heteroatoms. The van der Waals surface area contributed by atoms with Crippen LogP contribution in [0.5, 0.6) is 17.2 Å². The second kappa shape index (κ2) is 6.80. The molecule has 0 spiro atoms. The zero-order valence-electron chi connectivity index (χ0n) is 12.5. The van der Waals surface area contributed by atoms with Gasteiger partial charge < -0.3 is 19.5 Å². The van der Waals surface area contributed by atoms with Gasteiger partial charge >= 0.3 is 0 Å². The zero-order chi connectivity index (χ0) is 16.1. The van der Waals surface area contributed by atoms with Crippen LogP contribution in [-0.4, -0.2) is 27.2 Å². The van der Waals surface area contributed by atoms with Gasteiger partial charge in [0.1, 0.15) is 11.6 Å². The summed E-state index contributed by atoms with van der Waals surface area (Å²) < 4.78 is 28.7. The van der Waals surface area contributed by atoms with E-state index in [1.54, 1.807) is 18.2 Å². The van der Waals surface area contributed by atoms with Crippen LogP contribution in [-0.2, 0) is 0 Å². The molecular weight excluding hydrogens is 289 g/mol. The number of anilines is 1. The van der Waals surface area contributed by atoms with Gasteiger partial charge in [0.25, 0.3) is 5.91 Å². The first-order valence-corrected chi connectivity index (χ1v) is 6.46. The first kappa shape index (κ1) is 15.6. The fraction of sp³-hybridized carbons (Fsp3) is 0.188. The number of amides is 1. The molecule has 0 aliphatic carbocycles. The van der Waals surface area contributed by atoms with E-state index < -0.39 is 11.7 Å². The first-order chi connectivity index (χ1) is 10.6. The van der Waals surface area contributed by atoms with Crippen molar-refractivity contribution in [3.63, 3.8) is 0 Å². The van der Waals surface area contributed by atoms with Gasteiger partial charge in [0, 0.05) is 11.6 Å². The molecule has 0 unspecified atom stereocenters. The molecule has 1 amide bonds. The smallest absolute Gasteiger partial charge is 0.255 e. The molecule has 0 aromatic heterocycles. The van der Waals surface area contributed by atoms with Gasteiger partial charge in [0.05, 0.1) is 27.0 Å². The van der Waals surface area contributed by atoms with E-state index in [1.807, 2.05) is 0 Å². The van der Waals surface area contributed by atoms with Crippen LogP contribution in [0.15, 0.2) is 36.4 Å². The molecule has 0 heterocycles. The number of carbonyl (C=O) groups is 1. The average molecular weight is 305 g/mol. The minimum atomic E-state index is -0.469. The second-order valence-electron chi connectivity index (χ2n) is 4.37. The summed E-state index contributed by atoms with van der Waals surface area (Å²) in [7, 11) is 4.43. The summed E-state index contributed by atoms with van der Waals surface area (Å²) in [6.45, 7) is 0. The van der Waals surface area contributed by atoms with Crippen molar-refractivity contribution in [1.82, 2.24) is 0 Å². The third-order valence-electron chi connectivity index (χ3n) is 3.06. The molecule has 2 rings (SSSR count). The van der Waals surface area contributed by atoms with E-state index >= 15 is 0 Å². The topological polar surface area (TPSA) is 56.8 Å². The quantitative estimate of drug-likeness (QED) is 0.922. The Balaban J connectivity index is 2.28. The Hall–Kier alpha value is -2.76. The van der Waals surface area contributed by atoms with Crippen molar-refractivity contribution >= 4 is 11.6 Å². The van der Waals surface area contributed by atoms with Crippen molar-refractivity contribution in [3.05, 3.63) is 47.8 Å². The molecule has 0 bridgehead atoms. The molecule has 0 saturated heterocycles. The molecule has 0 atom stereocenters. The predicted molar refractivity (Wildman–Crippen MR) is 80.5 cm³/mol. The van der Waals surface area contributed by atoms with Crippen molar-refractivity contribution in [2.75, 3.05) is 26.6 Å². The van der Waals surface area contributed by atoms with Crippen LogP contribution in [0.1, 0.15) is 10.4 Å². The largest absolute Gasteiger partial charge is 0.495 e. The van der Waals surface area contributed by atoms with Crippen LogP contribution >= 0.6 is 0 Å². The molecule has 22 heavy (non-hydrogen) atoms. The number of ether oxygens (including phenoxy) is 3. The molecule has 0 aliphatic heterocycles. The fourth-order valence-corrected chi connectivity index (χ4v) is 1.95. The van der Waals surface area contributed by atoms with Gasteiger partial charge in [-0.2, -0.15) is 0 Å². The highest BCUT2D eigenvalue weighted by atomic mass is 19.1. The van der Waals surface area contributed by atoms with Crippen LogP contribution in [0.25, 0.3) is 0 Å². The first-order valence-electron chi connectivity index (χ1n) is 6.46. The SMILES string of the molecule is COc1ccc(F)cc1NC(=O)c1ccc(OC)c(OC)c1. The zero-order valence-corrected chi connectivity index (χ0v) is 12.5. The van der Waals surface area contributed by atoms with E-state index in [0.29, 0.717) is 22.8 Å². The molecule has 0 saturated carbocycles. The van der Waals surface area contributed by atoms with Crippen LogP contribution in [0, 0.1) is 5.82 Å². The highest BCUT2D eigenvalue weighted by molar-refractivity contribution is 6.05. The lowest BCUT2D eigenvalue weighted by molar-refractivity contribution is 0.102. The number of nitrogens with one attached hydrogen (secondary N) is 1. The lowest BCUT2D eigenvalue weighted by Crippen LogP contribution is -2.13. The third-order valence-corrected chi connectivity index (χ3v) is 3.06. The standard InChI is InChI=1S/C16H16FNO4/c1-20-13-7-5-11(17)9-12(13)18-16(19)10-4-6-14(21-2)15(8-10)22-3/h4-9H,1-3H3,(H,18,19). The van der Waals surface area contributed by atoms with E-state index in [2.05, 4.69) is 5.32 Å². The lowest BCUT2D eigenvalue weighted by Gasteiger charge is -2.12. The van der Waals surface area contributed by atoms with Crippen LogP contribution < -0.4 is 19.5 Å². The Morgan fingerprint density at radius 2 is 1.55 bits per heavy atom. The molecule has 116 valence electrons. The van der Waals surface area contributed by atoms with Crippen LogP contribution in [0.2, 0.25) is 0 Å². The number of carbonyl (C=O) groups excluding carboxylic acids is 1. The molecule has 5 nitrogen and oxygen atoms in total. The second-order valence-corrected chi connectivity index (χ2v) is 4.37. The molecule has 2 aromatic carbocycles. The van der Waals surface area contributed by atoms with Crippen molar-refractivity contribution in [1.29, 1.82) is 0 Å². The summed E-state index contributed by atoms with van der Waals surface area (Å²) in [4.78, 5) is 12.3. The summed E-state index contributed by atoms with van der Waals surface area (Å²) in [5.41, 5.74) is 0.603. The van der Waals surface area contributed by atoms with E-state index in [0.717, 1.165) is 0 Å². The number of rotatable bonds is 5. The Morgan fingerprint density at radius 1 is 0.909 bits per heavy atom. The Labute approximate surface area is 127 Å². The Bertz CT molecular complexity index is 688. The summed E-state index contributed by atoms with van der Waals surface area (Å²) in [6, 6.07) is 8.64. The average Bonchev–Trinajstić information content (AvgIpc) is 2.54. The summed E-state index contributed by atoms with van der Waals surface area (Å²) in [5.74, 6) is 0.437. The number of benzene rings is 2. The van der Waals surface area contributed by atoms with Crippen molar-refractivity contribution < 1.29 is 23.4 Å². The van der Waals surface area contributed by atoms with Gasteiger partial charge in [-0.15, -0.1) is 0 Å². The number of halogens is 1. The summed E-state index contributed by atoms with van der Waals surface area (Å²) in [6.07, 6.45) is 0. The normalized spacial score (nSPS) is 10.0. The van der Waals surface area contributed by atoms with Gasteiger partial charge in [-0.1, -0.05) is 0 Å². The summed E-state index contributed by atoms with van der Waals surface area (Å²) in [5, 5.41) is 2.61. The lowest BCUT2D eigenvalue weighted by atomic mass is 10.1. The van der Waals surface area contributed by atoms with E-state index in [9.17, 15) is 9.18 Å². The van der Waals surface area contributed by atoms with Gasteiger partial charge in [-0.25, -0.2) is 4.39 Å². The Morgan fingerprint density at radius 3 is 2.18 bits per heavy atom. The fourth-order valence-electron chi connectivity index (χ4n) is 1.95. The van der Waals surface area contributed by atoms with Crippen molar-refractivity contribution in [2.45, 2.75) is 0 Å². The van der Waals surface area contributed by atoms with Crippen LogP contribution in [0.4, 0.5) is 10.1 Å². The maximum atomic E-state index is 13.3. The minimum Gasteiger partial charge on any atom is -0.495 e. The van der Waals surface area contributed by atoms with Gasteiger partial charge in [-0.3, -0.25) is 4.79 Å². The molecule has 0 radical (unpaired) electrons. The minimum absolute atomic E-state index is 0.252. The number of methoxy groups -OCH3 is 3. The maximum absolute atomic E-state index is 13.3. The van der Waals surface area contributed by atoms with Gasteiger partial charge in [-0.05, 0) is 30.3 Å². The molecule has 0 aliphatic rings. The number of hydrogen-bond acceptors (Lipinski definition) is 4.